The first-order valence-electron chi connectivity index (χ1n) is 10.9. The zero-order valence-corrected chi connectivity index (χ0v) is 18.3. The van der Waals surface area contributed by atoms with E-state index in [2.05, 4.69) is 11.4 Å². The van der Waals surface area contributed by atoms with Crippen molar-refractivity contribution in [3.63, 3.8) is 0 Å². The summed E-state index contributed by atoms with van der Waals surface area (Å²) in [6.07, 6.45) is 1.06. The molecule has 3 amide bonds. The van der Waals surface area contributed by atoms with Crippen molar-refractivity contribution in [2.24, 2.45) is 5.92 Å². The molecule has 0 fully saturated rings. The van der Waals surface area contributed by atoms with Gasteiger partial charge >= 0.3 is 0 Å². The van der Waals surface area contributed by atoms with Gasteiger partial charge in [-0.05, 0) is 29.0 Å². The lowest BCUT2D eigenvalue weighted by Crippen LogP contribution is -2.48. The fourth-order valence-corrected chi connectivity index (χ4v) is 3.80. The number of amides is 3. The molecule has 0 saturated heterocycles. The normalized spacial score (nSPS) is 12.9. The lowest BCUT2D eigenvalue weighted by Gasteiger charge is -2.32. The van der Waals surface area contributed by atoms with Gasteiger partial charge in [-0.15, -0.1) is 0 Å². The molecule has 0 bridgehead atoms. The van der Waals surface area contributed by atoms with Crippen LogP contribution in [0.3, 0.4) is 0 Å². The molecule has 1 heterocycles. The van der Waals surface area contributed by atoms with Crippen LogP contribution in [0.15, 0.2) is 54.6 Å². The van der Waals surface area contributed by atoms with E-state index in [0.717, 1.165) is 17.5 Å². The molecule has 164 valence electrons. The van der Waals surface area contributed by atoms with Gasteiger partial charge in [0.15, 0.2) is 0 Å². The number of hydrogen-bond acceptors (Lipinski definition) is 3. The monoisotopic (exact) mass is 421 g/mol. The van der Waals surface area contributed by atoms with E-state index in [1.54, 1.807) is 4.90 Å². The fourth-order valence-electron chi connectivity index (χ4n) is 3.80. The number of hydrogen-bond donors (Lipinski definition) is 1. The van der Waals surface area contributed by atoms with E-state index in [4.69, 9.17) is 0 Å². The Balaban J connectivity index is 1.54. The Morgan fingerprint density at radius 2 is 1.68 bits per heavy atom. The second kappa shape index (κ2) is 10.8. The van der Waals surface area contributed by atoms with Gasteiger partial charge in [0.1, 0.15) is 0 Å². The minimum absolute atomic E-state index is 0.0355. The van der Waals surface area contributed by atoms with Gasteiger partial charge in [0, 0.05) is 19.6 Å². The minimum atomic E-state index is -0.235. The molecule has 0 saturated carbocycles. The molecule has 6 heteroatoms. The Hall–Kier alpha value is -3.15. The predicted molar refractivity (Wildman–Crippen MR) is 120 cm³/mol. The second-order valence-corrected chi connectivity index (χ2v) is 8.44. The van der Waals surface area contributed by atoms with Crippen molar-refractivity contribution < 1.29 is 14.4 Å². The molecule has 0 aromatic heterocycles. The molecule has 3 rings (SSSR count). The summed E-state index contributed by atoms with van der Waals surface area (Å²) in [7, 11) is 0. The van der Waals surface area contributed by atoms with E-state index in [1.807, 2.05) is 67.3 Å². The van der Waals surface area contributed by atoms with E-state index in [1.165, 1.54) is 5.56 Å². The summed E-state index contributed by atoms with van der Waals surface area (Å²) < 4.78 is 0. The molecule has 6 nitrogen and oxygen atoms in total. The third-order valence-corrected chi connectivity index (χ3v) is 5.39. The number of nitrogens with one attached hydrogen (secondary N) is 1. The summed E-state index contributed by atoms with van der Waals surface area (Å²) in [5.74, 6) is -0.276. The second-order valence-electron chi connectivity index (χ2n) is 8.44. The highest BCUT2D eigenvalue weighted by Crippen LogP contribution is 2.18. The van der Waals surface area contributed by atoms with Crippen molar-refractivity contribution in [1.29, 1.82) is 0 Å². The van der Waals surface area contributed by atoms with Crippen molar-refractivity contribution in [2.75, 3.05) is 26.2 Å². The average molecular weight is 422 g/mol. The summed E-state index contributed by atoms with van der Waals surface area (Å²) >= 11 is 0. The van der Waals surface area contributed by atoms with Gasteiger partial charge < -0.3 is 15.1 Å². The maximum atomic E-state index is 12.9. The molecule has 1 aliphatic heterocycles. The lowest BCUT2D eigenvalue weighted by molar-refractivity contribution is -0.141. The third kappa shape index (κ3) is 6.67. The Labute approximate surface area is 184 Å². The third-order valence-electron chi connectivity index (χ3n) is 5.39. The Kier molecular flexibility index (Phi) is 7.82. The van der Waals surface area contributed by atoms with E-state index >= 15 is 0 Å². The summed E-state index contributed by atoms with van der Waals surface area (Å²) in [6, 6.07) is 17.6. The van der Waals surface area contributed by atoms with Crippen LogP contribution in [-0.2, 0) is 33.8 Å². The molecule has 1 aliphatic rings. The van der Waals surface area contributed by atoms with Gasteiger partial charge in [-0.1, -0.05) is 68.4 Å². The minimum Gasteiger partial charge on any atom is -0.347 e. The summed E-state index contributed by atoms with van der Waals surface area (Å²) in [5.41, 5.74) is 3.34. The van der Waals surface area contributed by atoms with Crippen LogP contribution in [0, 0.1) is 5.92 Å². The van der Waals surface area contributed by atoms with E-state index in [9.17, 15) is 14.4 Å². The maximum absolute atomic E-state index is 12.9. The summed E-state index contributed by atoms with van der Waals surface area (Å²) in [4.78, 5) is 41.3. The van der Waals surface area contributed by atoms with Gasteiger partial charge in [0.05, 0.1) is 19.5 Å². The topological polar surface area (TPSA) is 69.7 Å². The zero-order valence-electron chi connectivity index (χ0n) is 18.3. The van der Waals surface area contributed by atoms with Gasteiger partial charge in [-0.2, -0.15) is 0 Å². The Morgan fingerprint density at radius 1 is 1.00 bits per heavy atom. The molecule has 2 aromatic carbocycles. The Bertz CT molecular complexity index is 911. The number of benzene rings is 2. The zero-order chi connectivity index (χ0) is 22.2. The van der Waals surface area contributed by atoms with Crippen LogP contribution in [0.2, 0.25) is 0 Å². The first-order valence-corrected chi connectivity index (χ1v) is 10.9. The highest BCUT2D eigenvalue weighted by atomic mass is 16.2. The standard InChI is InChI=1S/C25H31N3O3/c1-19(2)16-28(24(30)15-26-23(29)14-20-8-4-3-5-9-20)18-25(31)27-13-12-21-10-6-7-11-22(21)17-27/h3-11,19H,12-18H2,1-2H3,(H,26,29). The number of carbonyl (C=O) groups excluding carboxylic acids is 3. The van der Waals surface area contributed by atoms with Crippen molar-refractivity contribution >= 4 is 17.7 Å². The molecule has 0 aliphatic carbocycles. The largest absolute Gasteiger partial charge is 0.347 e. The van der Waals surface area contributed by atoms with Crippen LogP contribution in [0.4, 0.5) is 0 Å². The first kappa shape index (κ1) is 22.5. The smallest absolute Gasteiger partial charge is 0.242 e. The number of carbonyl (C=O) groups is 3. The number of fused-ring (bicyclic) bond motifs is 1. The molecular weight excluding hydrogens is 390 g/mol. The van der Waals surface area contributed by atoms with Crippen LogP contribution < -0.4 is 5.32 Å². The number of rotatable bonds is 8. The molecule has 0 radical (unpaired) electrons. The van der Waals surface area contributed by atoms with Crippen LogP contribution in [-0.4, -0.2) is 53.7 Å². The number of nitrogens with zero attached hydrogens (tertiary/aromatic N) is 2. The average Bonchev–Trinajstić information content (AvgIpc) is 2.77. The van der Waals surface area contributed by atoms with Gasteiger partial charge in [-0.25, -0.2) is 0 Å². The lowest BCUT2D eigenvalue weighted by atomic mass is 10.00. The van der Waals surface area contributed by atoms with E-state index < -0.39 is 0 Å². The van der Waals surface area contributed by atoms with Crippen molar-refractivity contribution in [2.45, 2.75) is 33.2 Å². The summed E-state index contributed by atoms with van der Waals surface area (Å²) in [6.45, 7) is 5.66. The fraction of sp³-hybridized carbons (Fsp3) is 0.400. The highest BCUT2D eigenvalue weighted by molar-refractivity contribution is 5.89. The maximum Gasteiger partial charge on any atom is 0.242 e. The van der Waals surface area contributed by atoms with E-state index in [0.29, 0.717) is 19.6 Å². The van der Waals surface area contributed by atoms with Crippen LogP contribution in [0.5, 0.6) is 0 Å². The SMILES string of the molecule is CC(C)CN(CC(=O)N1CCc2ccccc2C1)C(=O)CNC(=O)Cc1ccccc1. The van der Waals surface area contributed by atoms with Crippen molar-refractivity contribution in [3.8, 4) is 0 Å². The van der Waals surface area contributed by atoms with Crippen LogP contribution in [0.25, 0.3) is 0 Å². The predicted octanol–water partition coefficient (Wildman–Crippen LogP) is 2.41. The van der Waals surface area contributed by atoms with Crippen molar-refractivity contribution in [1.82, 2.24) is 15.1 Å². The quantitative estimate of drug-likeness (QED) is 0.712. The summed E-state index contributed by atoms with van der Waals surface area (Å²) in [5, 5.41) is 2.70. The van der Waals surface area contributed by atoms with Gasteiger partial charge in [0.2, 0.25) is 17.7 Å². The molecule has 0 unspecified atom stereocenters. The molecule has 1 N–H and O–H groups in total. The molecule has 0 atom stereocenters. The molecule has 0 spiro atoms. The molecule has 2 aromatic rings. The van der Waals surface area contributed by atoms with Crippen LogP contribution >= 0.6 is 0 Å². The molecular formula is C25H31N3O3. The van der Waals surface area contributed by atoms with Gasteiger partial charge in [0.25, 0.3) is 0 Å². The first-order chi connectivity index (χ1) is 14.9. The van der Waals surface area contributed by atoms with E-state index in [-0.39, 0.29) is 43.1 Å². The highest BCUT2D eigenvalue weighted by Gasteiger charge is 2.25. The Morgan fingerprint density at radius 3 is 2.39 bits per heavy atom. The van der Waals surface area contributed by atoms with Gasteiger partial charge in [-0.3, -0.25) is 14.4 Å². The van der Waals surface area contributed by atoms with Crippen LogP contribution in [0.1, 0.15) is 30.5 Å². The molecule has 31 heavy (non-hydrogen) atoms. The van der Waals surface area contributed by atoms with Crippen molar-refractivity contribution in [3.05, 3.63) is 71.3 Å².